The van der Waals surface area contributed by atoms with Gasteiger partial charge in [-0.1, -0.05) is 0 Å². The monoisotopic (exact) mass is 274 g/mol. The van der Waals surface area contributed by atoms with Gasteiger partial charge in [0, 0.05) is 30.4 Å². The summed E-state index contributed by atoms with van der Waals surface area (Å²) in [5, 5.41) is 11.4. The number of rotatable bonds is 6. The molecule has 6 nitrogen and oxygen atoms in total. The molecular formula is C14H18N4O2. The van der Waals surface area contributed by atoms with Crippen molar-refractivity contribution in [2.24, 2.45) is 0 Å². The molecule has 2 N–H and O–H groups in total. The van der Waals surface area contributed by atoms with Crippen LogP contribution in [0.3, 0.4) is 0 Å². The van der Waals surface area contributed by atoms with Gasteiger partial charge in [0.15, 0.2) is 5.43 Å². The maximum absolute atomic E-state index is 11.8. The van der Waals surface area contributed by atoms with Crippen LogP contribution in [0.5, 0.6) is 0 Å². The molecule has 0 bridgehead atoms. The molecule has 106 valence electrons. The first-order valence-electron chi connectivity index (χ1n) is 6.98. The zero-order valence-electron chi connectivity index (χ0n) is 11.5. The minimum atomic E-state index is -0.105. The molecule has 0 amide bonds. The van der Waals surface area contributed by atoms with Crippen molar-refractivity contribution in [3.05, 3.63) is 34.1 Å². The van der Waals surface area contributed by atoms with E-state index in [-0.39, 0.29) is 11.3 Å². The number of nitrogens with one attached hydrogen (secondary N) is 2. The topological polar surface area (TPSA) is 83.8 Å². The third kappa shape index (κ3) is 3.14. The van der Waals surface area contributed by atoms with Crippen LogP contribution in [0, 0.1) is 6.92 Å². The third-order valence-corrected chi connectivity index (χ3v) is 3.33. The van der Waals surface area contributed by atoms with Gasteiger partial charge in [0.1, 0.15) is 5.56 Å². The maximum atomic E-state index is 11.8. The van der Waals surface area contributed by atoms with E-state index in [1.54, 1.807) is 6.20 Å². The van der Waals surface area contributed by atoms with E-state index in [2.05, 4.69) is 20.5 Å². The van der Waals surface area contributed by atoms with E-state index in [9.17, 15) is 4.79 Å². The van der Waals surface area contributed by atoms with E-state index in [4.69, 9.17) is 4.42 Å². The van der Waals surface area contributed by atoms with Crippen LogP contribution in [0.2, 0.25) is 0 Å². The highest BCUT2D eigenvalue weighted by Crippen LogP contribution is 2.18. The molecule has 2 aromatic heterocycles. The lowest BCUT2D eigenvalue weighted by Crippen LogP contribution is -2.17. The molecule has 0 unspecified atom stereocenters. The summed E-state index contributed by atoms with van der Waals surface area (Å²) in [5.41, 5.74) is 1.13. The number of pyridine rings is 1. The number of H-pyrrole nitrogens is 1. The Bertz CT molecular complexity index is 643. The largest absolute Gasteiger partial charge is 0.420 e. The summed E-state index contributed by atoms with van der Waals surface area (Å²) in [6, 6.07) is 2.25. The average Bonchev–Trinajstić information content (AvgIpc) is 3.13. The zero-order chi connectivity index (χ0) is 13.9. The van der Waals surface area contributed by atoms with Crippen molar-refractivity contribution in [2.45, 2.75) is 38.6 Å². The molecule has 1 saturated carbocycles. The number of aromatic nitrogens is 3. The minimum absolute atomic E-state index is 0.105. The van der Waals surface area contributed by atoms with Crippen molar-refractivity contribution in [2.75, 3.05) is 6.54 Å². The zero-order valence-corrected chi connectivity index (χ0v) is 11.5. The summed E-state index contributed by atoms with van der Waals surface area (Å²) < 4.78 is 5.54. The Labute approximate surface area is 116 Å². The van der Waals surface area contributed by atoms with Crippen LogP contribution in [-0.2, 0) is 6.42 Å². The number of hydrogen-bond donors (Lipinski definition) is 2. The molecule has 0 radical (unpaired) electrons. The van der Waals surface area contributed by atoms with Gasteiger partial charge in [0.05, 0.1) is 0 Å². The highest BCUT2D eigenvalue weighted by Gasteiger charge is 2.19. The van der Waals surface area contributed by atoms with Crippen LogP contribution in [0.25, 0.3) is 11.5 Å². The van der Waals surface area contributed by atoms with E-state index in [0.717, 1.165) is 31.1 Å². The molecule has 0 aliphatic heterocycles. The van der Waals surface area contributed by atoms with Crippen LogP contribution in [-0.4, -0.2) is 27.8 Å². The van der Waals surface area contributed by atoms with E-state index >= 15 is 0 Å². The van der Waals surface area contributed by atoms with E-state index in [1.165, 1.54) is 18.9 Å². The molecule has 0 atom stereocenters. The van der Waals surface area contributed by atoms with Gasteiger partial charge in [-0.05, 0) is 32.7 Å². The predicted octanol–water partition coefficient (Wildman–Crippen LogP) is 1.42. The molecule has 1 aliphatic carbocycles. The fraction of sp³-hybridized carbons (Fsp3) is 0.500. The molecule has 20 heavy (non-hydrogen) atoms. The summed E-state index contributed by atoms with van der Waals surface area (Å²) in [4.78, 5) is 14.8. The second kappa shape index (κ2) is 5.58. The number of aryl methyl sites for hydroxylation is 2. The molecule has 0 saturated heterocycles. The summed E-state index contributed by atoms with van der Waals surface area (Å²) in [7, 11) is 0. The Morgan fingerprint density at radius 2 is 2.30 bits per heavy atom. The predicted molar refractivity (Wildman–Crippen MR) is 74.4 cm³/mol. The maximum Gasteiger partial charge on any atom is 0.253 e. The van der Waals surface area contributed by atoms with Crippen LogP contribution in [0.4, 0.5) is 0 Å². The Morgan fingerprint density at radius 1 is 1.45 bits per heavy atom. The Balaban J connectivity index is 1.61. The second-order valence-corrected chi connectivity index (χ2v) is 5.23. The number of nitrogens with zero attached hydrogens (tertiary/aromatic N) is 2. The van der Waals surface area contributed by atoms with Crippen molar-refractivity contribution in [1.82, 2.24) is 20.5 Å². The van der Waals surface area contributed by atoms with Crippen molar-refractivity contribution < 1.29 is 4.42 Å². The first-order chi connectivity index (χ1) is 9.72. The molecule has 2 heterocycles. The van der Waals surface area contributed by atoms with E-state index in [0.29, 0.717) is 11.5 Å². The molecule has 1 fully saturated rings. The molecule has 1 aliphatic rings. The van der Waals surface area contributed by atoms with Crippen LogP contribution >= 0.6 is 0 Å². The quantitative estimate of drug-likeness (QED) is 0.778. The molecule has 0 aromatic carbocycles. The normalized spacial score (nSPS) is 14.7. The lowest BCUT2D eigenvalue weighted by atomic mass is 10.2. The summed E-state index contributed by atoms with van der Waals surface area (Å²) in [6.45, 7) is 2.80. The van der Waals surface area contributed by atoms with Crippen LogP contribution in [0.1, 0.15) is 30.8 Å². The van der Waals surface area contributed by atoms with Gasteiger partial charge in [0.25, 0.3) is 5.89 Å². The van der Waals surface area contributed by atoms with Crippen molar-refractivity contribution in [3.63, 3.8) is 0 Å². The Kier molecular flexibility index (Phi) is 3.64. The van der Waals surface area contributed by atoms with Gasteiger partial charge in [-0.3, -0.25) is 4.79 Å². The Morgan fingerprint density at radius 3 is 3.05 bits per heavy atom. The average molecular weight is 274 g/mol. The van der Waals surface area contributed by atoms with E-state index < -0.39 is 0 Å². The molecule has 2 aromatic rings. The summed E-state index contributed by atoms with van der Waals surface area (Å²) >= 11 is 0. The molecule has 0 spiro atoms. The fourth-order valence-electron chi connectivity index (χ4n) is 2.04. The standard InChI is InChI=1S/C14H18N4O2/c1-9-7-12(19)11(8-16-9)14-18-17-13(20-14)3-2-6-15-10-4-5-10/h7-8,10,15H,2-6H2,1H3,(H,16,19). The molecule has 3 rings (SSSR count). The fourth-order valence-corrected chi connectivity index (χ4v) is 2.04. The van der Waals surface area contributed by atoms with Gasteiger partial charge >= 0.3 is 0 Å². The first kappa shape index (κ1) is 13.1. The van der Waals surface area contributed by atoms with Gasteiger partial charge in [-0.25, -0.2) is 0 Å². The minimum Gasteiger partial charge on any atom is -0.420 e. The number of hydrogen-bond acceptors (Lipinski definition) is 5. The lowest BCUT2D eigenvalue weighted by molar-refractivity contribution is 0.490. The van der Waals surface area contributed by atoms with Gasteiger partial charge in [-0.15, -0.1) is 10.2 Å². The van der Waals surface area contributed by atoms with Crippen LogP contribution in [0.15, 0.2) is 21.5 Å². The summed E-state index contributed by atoms with van der Waals surface area (Å²) in [5.74, 6) is 0.869. The molecule has 6 heteroatoms. The lowest BCUT2D eigenvalue weighted by Gasteiger charge is -1.99. The van der Waals surface area contributed by atoms with Crippen molar-refractivity contribution in [1.29, 1.82) is 0 Å². The number of aromatic amines is 1. The molecular weight excluding hydrogens is 256 g/mol. The Hall–Kier alpha value is -1.95. The highest BCUT2D eigenvalue weighted by molar-refractivity contribution is 5.50. The first-order valence-corrected chi connectivity index (χ1v) is 6.98. The van der Waals surface area contributed by atoms with Crippen molar-refractivity contribution in [3.8, 4) is 11.5 Å². The van der Waals surface area contributed by atoms with Gasteiger partial charge in [-0.2, -0.15) is 0 Å². The van der Waals surface area contributed by atoms with Gasteiger partial charge in [0.2, 0.25) is 5.89 Å². The SMILES string of the molecule is Cc1cc(=O)c(-c2nnc(CCCNC3CC3)o2)c[nH]1. The van der Waals surface area contributed by atoms with Crippen molar-refractivity contribution >= 4 is 0 Å². The van der Waals surface area contributed by atoms with E-state index in [1.807, 2.05) is 6.92 Å². The highest BCUT2D eigenvalue weighted by atomic mass is 16.4. The second-order valence-electron chi connectivity index (χ2n) is 5.23. The van der Waals surface area contributed by atoms with Crippen LogP contribution < -0.4 is 10.7 Å². The summed E-state index contributed by atoms with van der Waals surface area (Å²) in [6.07, 6.45) is 5.89. The third-order valence-electron chi connectivity index (χ3n) is 3.33. The van der Waals surface area contributed by atoms with Gasteiger partial charge < -0.3 is 14.7 Å². The smallest absolute Gasteiger partial charge is 0.253 e.